The van der Waals surface area contributed by atoms with Crippen LogP contribution in [0.5, 0.6) is 0 Å². The summed E-state index contributed by atoms with van der Waals surface area (Å²) in [6.07, 6.45) is 3.13. The summed E-state index contributed by atoms with van der Waals surface area (Å²) in [6, 6.07) is 11.7. The van der Waals surface area contributed by atoms with E-state index in [1.807, 2.05) is 18.7 Å². The normalized spacial score (nSPS) is 17.6. The fourth-order valence-corrected chi connectivity index (χ4v) is 5.12. The van der Waals surface area contributed by atoms with Crippen molar-refractivity contribution in [2.45, 2.75) is 51.4 Å². The number of hydrogen-bond acceptors (Lipinski definition) is 4. The second-order valence-corrected chi connectivity index (χ2v) is 11.0. The molecule has 0 radical (unpaired) electrons. The van der Waals surface area contributed by atoms with Crippen LogP contribution >= 0.6 is 0 Å². The molecule has 2 aliphatic rings. The molecule has 2 atom stereocenters. The van der Waals surface area contributed by atoms with Gasteiger partial charge in [-0.15, -0.1) is 0 Å². The highest BCUT2D eigenvalue weighted by Crippen LogP contribution is 2.27. The molecule has 2 aromatic carbocycles. The molecule has 2 heterocycles. The molecule has 0 saturated carbocycles. The average molecular weight is 556 g/mol. The number of carboxylic acids is 1. The molecule has 2 aliphatic heterocycles. The molecule has 0 aromatic heterocycles. The van der Waals surface area contributed by atoms with Gasteiger partial charge in [0.05, 0.1) is 19.0 Å². The zero-order chi connectivity index (χ0) is 28.8. The largest absolute Gasteiger partial charge is 0.481 e. The molecule has 0 aliphatic carbocycles. The molecule has 9 heteroatoms. The molecule has 2 aromatic rings. The highest BCUT2D eigenvalue weighted by molar-refractivity contribution is 5.83. The number of alkyl halides is 1. The van der Waals surface area contributed by atoms with Gasteiger partial charge in [0.1, 0.15) is 23.9 Å². The molecule has 1 saturated heterocycles. The van der Waals surface area contributed by atoms with Crippen LogP contribution in [0, 0.1) is 11.7 Å². The highest BCUT2D eigenvalue weighted by Gasteiger charge is 2.31. The minimum atomic E-state index is -1.07. The van der Waals surface area contributed by atoms with Gasteiger partial charge in [-0.2, -0.15) is 0 Å². The minimum Gasteiger partial charge on any atom is -0.481 e. The van der Waals surface area contributed by atoms with E-state index in [2.05, 4.69) is 5.32 Å². The SMILES string of the molecule is CC(C)C[C@@H](C(=O)N[C@@H](CC(=O)O)c1ccc(-c2ccc(F)cc2)cc1)N1C=C(CCN2CC(F)C2)C=C(F)C1. The molecule has 4 rings (SSSR count). The highest BCUT2D eigenvalue weighted by atomic mass is 19.1. The fourth-order valence-electron chi connectivity index (χ4n) is 5.12. The summed E-state index contributed by atoms with van der Waals surface area (Å²) >= 11 is 0. The van der Waals surface area contributed by atoms with Crippen molar-refractivity contribution < 1.29 is 27.9 Å². The van der Waals surface area contributed by atoms with Crippen LogP contribution in [0.1, 0.15) is 44.7 Å². The minimum absolute atomic E-state index is 0.0550. The molecule has 0 bridgehead atoms. The number of amides is 1. The van der Waals surface area contributed by atoms with E-state index in [-0.39, 0.29) is 36.4 Å². The van der Waals surface area contributed by atoms with Crippen molar-refractivity contribution in [3.63, 3.8) is 0 Å². The van der Waals surface area contributed by atoms with Crippen LogP contribution in [0.2, 0.25) is 0 Å². The lowest BCUT2D eigenvalue weighted by molar-refractivity contribution is -0.138. The Labute approximate surface area is 233 Å². The van der Waals surface area contributed by atoms with Crippen LogP contribution in [0.15, 0.2) is 72.2 Å². The summed E-state index contributed by atoms with van der Waals surface area (Å²) in [5.41, 5.74) is 2.98. The first-order chi connectivity index (χ1) is 19.1. The lowest BCUT2D eigenvalue weighted by atomic mass is 9.97. The Morgan fingerprint density at radius 3 is 2.23 bits per heavy atom. The predicted molar refractivity (Wildman–Crippen MR) is 148 cm³/mol. The van der Waals surface area contributed by atoms with Gasteiger partial charge in [-0.25, -0.2) is 13.2 Å². The van der Waals surface area contributed by atoms with Crippen molar-refractivity contribution in [3.05, 3.63) is 83.6 Å². The number of allylic oxidation sites excluding steroid dienone is 1. The van der Waals surface area contributed by atoms with E-state index in [4.69, 9.17) is 0 Å². The van der Waals surface area contributed by atoms with E-state index in [0.717, 1.165) is 16.7 Å². The first kappa shape index (κ1) is 29.4. The third kappa shape index (κ3) is 7.97. The van der Waals surface area contributed by atoms with Crippen molar-refractivity contribution in [3.8, 4) is 11.1 Å². The monoisotopic (exact) mass is 555 g/mol. The number of aliphatic carboxylic acids is 1. The summed E-state index contributed by atoms with van der Waals surface area (Å²) in [6.45, 7) is 5.28. The van der Waals surface area contributed by atoms with Crippen LogP contribution in [0.3, 0.4) is 0 Å². The number of nitrogens with zero attached hydrogens (tertiary/aromatic N) is 2. The molecule has 214 valence electrons. The first-order valence-electron chi connectivity index (χ1n) is 13.6. The number of halogens is 3. The molecule has 0 spiro atoms. The van der Waals surface area contributed by atoms with Crippen LogP contribution in [-0.4, -0.2) is 65.2 Å². The zero-order valence-electron chi connectivity index (χ0n) is 22.8. The van der Waals surface area contributed by atoms with Gasteiger partial charge < -0.3 is 15.3 Å². The van der Waals surface area contributed by atoms with E-state index in [1.165, 1.54) is 18.2 Å². The van der Waals surface area contributed by atoms with Gasteiger partial charge in [-0.3, -0.25) is 14.5 Å². The zero-order valence-corrected chi connectivity index (χ0v) is 22.8. The second-order valence-electron chi connectivity index (χ2n) is 11.0. The van der Waals surface area contributed by atoms with E-state index in [0.29, 0.717) is 38.0 Å². The molecule has 40 heavy (non-hydrogen) atoms. The maximum absolute atomic E-state index is 14.7. The number of rotatable bonds is 12. The second kappa shape index (κ2) is 13.2. The van der Waals surface area contributed by atoms with Gasteiger partial charge in [0.15, 0.2) is 0 Å². The van der Waals surface area contributed by atoms with Gasteiger partial charge in [0.2, 0.25) is 5.91 Å². The Balaban J connectivity index is 1.50. The van der Waals surface area contributed by atoms with Crippen molar-refractivity contribution >= 4 is 11.9 Å². The molecule has 2 N–H and O–H groups in total. The van der Waals surface area contributed by atoms with Crippen LogP contribution in [0.25, 0.3) is 11.1 Å². The van der Waals surface area contributed by atoms with Crippen LogP contribution < -0.4 is 5.32 Å². The predicted octanol–water partition coefficient (Wildman–Crippen LogP) is 5.64. The third-order valence-electron chi connectivity index (χ3n) is 7.22. The third-order valence-corrected chi connectivity index (χ3v) is 7.22. The Bertz CT molecular complexity index is 1240. The quantitative estimate of drug-likeness (QED) is 0.355. The molecule has 1 fully saturated rings. The van der Waals surface area contributed by atoms with Crippen molar-refractivity contribution in [2.75, 3.05) is 26.2 Å². The Hall–Kier alpha value is -3.59. The summed E-state index contributed by atoms with van der Waals surface area (Å²) in [7, 11) is 0. The van der Waals surface area contributed by atoms with E-state index in [1.54, 1.807) is 47.5 Å². The van der Waals surface area contributed by atoms with Gasteiger partial charge in [-0.1, -0.05) is 50.2 Å². The topological polar surface area (TPSA) is 72.9 Å². The van der Waals surface area contributed by atoms with Gasteiger partial charge in [-0.05, 0) is 59.2 Å². The Kier molecular flexibility index (Phi) is 9.68. The number of carboxylic acid groups (broad SMARTS) is 1. The van der Waals surface area contributed by atoms with E-state index < -0.39 is 24.2 Å². The van der Waals surface area contributed by atoms with Gasteiger partial charge >= 0.3 is 5.97 Å². The number of nitrogens with one attached hydrogen (secondary N) is 1. The molecular formula is C31H36F3N3O3. The lowest BCUT2D eigenvalue weighted by Crippen LogP contribution is -2.49. The molecule has 1 amide bonds. The van der Waals surface area contributed by atoms with Gasteiger partial charge in [0, 0.05) is 25.8 Å². The van der Waals surface area contributed by atoms with Crippen molar-refractivity contribution in [1.29, 1.82) is 0 Å². The maximum atomic E-state index is 14.7. The summed E-state index contributed by atoms with van der Waals surface area (Å²) < 4.78 is 41.2. The maximum Gasteiger partial charge on any atom is 0.305 e. The lowest BCUT2D eigenvalue weighted by Gasteiger charge is -2.36. The molecule has 0 unspecified atom stereocenters. The Morgan fingerprint density at radius 2 is 1.65 bits per heavy atom. The summed E-state index contributed by atoms with van der Waals surface area (Å²) in [4.78, 5) is 29.0. The first-order valence-corrected chi connectivity index (χ1v) is 13.6. The number of benzene rings is 2. The number of likely N-dealkylation sites (tertiary alicyclic amines) is 1. The van der Waals surface area contributed by atoms with Crippen LogP contribution in [-0.2, 0) is 9.59 Å². The van der Waals surface area contributed by atoms with Crippen molar-refractivity contribution in [2.24, 2.45) is 5.92 Å². The van der Waals surface area contributed by atoms with Crippen molar-refractivity contribution in [1.82, 2.24) is 15.1 Å². The number of carbonyl (C=O) groups is 2. The average Bonchev–Trinajstić information content (AvgIpc) is 2.88. The smallest absolute Gasteiger partial charge is 0.305 e. The van der Waals surface area contributed by atoms with E-state index >= 15 is 0 Å². The van der Waals surface area contributed by atoms with Crippen LogP contribution in [0.4, 0.5) is 13.2 Å². The summed E-state index contributed by atoms with van der Waals surface area (Å²) in [5, 5.41) is 12.5. The Morgan fingerprint density at radius 1 is 1.02 bits per heavy atom. The number of carbonyl (C=O) groups excluding carboxylic acids is 1. The van der Waals surface area contributed by atoms with Gasteiger partial charge in [0.25, 0.3) is 0 Å². The standard InChI is InChI=1S/C31H36F3N3O3/c1-20(2)13-29(37-16-21(14-26(33)19-37)11-12-36-17-27(34)18-36)31(40)35-28(15-30(38)39)24-5-3-22(4-6-24)23-7-9-25(32)10-8-23/h3-10,14,16,20,27-29H,11-13,15,17-19H2,1-2H3,(H,35,40)(H,38,39)/t28-,29-/m0/s1. The molecular weight excluding hydrogens is 519 g/mol. The van der Waals surface area contributed by atoms with E-state index in [9.17, 15) is 27.9 Å². The number of hydrogen-bond donors (Lipinski definition) is 2. The fraction of sp³-hybridized carbons (Fsp3) is 0.419. The molecule has 6 nitrogen and oxygen atoms in total. The summed E-state index contributed by atoms with van der Waals surface area (Å²) in [5.74, 6) is -2.01.